The maximum absolute atomic E-state index is 11.2. The van der Waals surface area contributed by atoms with Gasteiger partial charge in [-0.3, -0.25) is 4.79 Å². The molecular formula is C16H20ClNO. The van der Waals surface area contributed by atoms with Crippen LogP contribution in [0.3, 0.4) is 0 Å². The van der Waals surface area contributed by atoms with E-state index < -0.39 is 0 Å². The van der Waals surface area contributed by atoms with Crippen LogP contribution in [-0.2, 0) is 11.2 Å². The first-order chi connectivity index (χ1) is 9.13. The molecule has 0 aliphatic heterocycles. The molecular weight excluding hydrogens is 258 g/mol. The smallest absolute Gasteiger partial charge is 0.133 e. The molecule has 2 rings (SSSR count). The maximum atomic E-state index is 11.2. The second-order valence-electron chi connectivity index (χ2n) is 4.74. The minimum absolute atomic E-state index is 0.280. The van der Waals surface area contributed by atoms with Gasteiger partial charge < -0.3 is 0 Å². The molecule has 0 radical (unpaired) electrons. The summed E-state index contributed by atoms with van der Waals surface area (Å²) < 4.78 is 0. The number of Topliss-reactive ketones (excluding diaryl/α,β-unsaturated/α-hetero) is 1. The number of halogens is 1. The van der Waals surface area contributed by atoms with Gasteiger partial charge in [0, 0.05) is 17.9 Å². The van der Waals surface area contributed by atoms with Crippen LogP contribution in [0.25, 0.3) is 0 Å². The molecule has 102 valence electrons. The summed E-state index contributed by atoms with van der Waals surface area (Å²) >= 11 is 5.94. The van der Waals surface area contributed by atoms with E-state index in [1.807, 2.05) is 38.1 Å². The number of rotatable bonds is 2. The summed E-state index contributed by atoms with van der Waals surface area (Å²) in [5.41, 5.74) is 0.701. The normalized spacial score (nSPS) is 17.1. The Morgan fingerprint density at radius 2 is 1.95 bits per heavy atom. The van der Waals surface area contributed by atoms with E-state index >= 15 is 0 Å². The highest BCUT2D eigenvalue weighted by Crippen LogP contribution is 2.37. The van der Waals surface area contributed by atoms with Crippen molar-refractivity contribution in [3.63, 3.8) is 0 Å². The Morgan fingerprint density at radius 1 is 1.32 bits per heavy atom. The van der Waals surface area contributed by atoms with Crippen LogP contribution in [-0.4, -0.2) is 5.78 Å². The van der Waals surface area contributed by atoms with Crippen LogP contribution >= 0.6 is 11.6 Å². The lowest BCUT2D eigenvalue weighted by molar-refractivity contribution is -0.121. The number of ketones is 1. The molecule has 0 heterocycles. The van der Waals surface area contributed by atoms with Crippen molar-refractivity contribution in [2.45, 2.75) is 46.0 Å². The zero-order valence-corrected chi connectivity index (χ0v) is 12.3. The van der Waals surface area contributed by atoms with E-state index in [0.717, 1.165) is 5.56 Å². The quantitative estimate of drug-likeness (QED) is 0.795. The second kappa shape index (κ2) is 7.31. The first kappa shape index (κ1) is 15.7. The van der Waals surface area contributed by atoms with E-state index in [-0.39, 0.29) is 11.2 Å². The number of benzene rings is 1. The molecule has 1 fully saturated rings. The third-order valence-electron chi connectivity index (χ3n) is 3.43. The lowest BCUT2D eigenvalue weighted by atomic mass is 9.71. The van der Waals surface area contributed by atoms with Crippen molar-refractivity contribution < 1.29 is 4.79 Å². The topological polar surface area (TPSA) is 40.9 Å². The van der Waals surface area contributed by atoms with Gasteiger partial charge in [-0.15, -0.1) is 0 Å². The van der Waals surface area contributed by atoms with Crippen LogP contribution in [0, 0.1) is 16.7 Å². The van der Waals surface area contributed by atoms with Crippen LogP contribution in [0.1, 0.15) is 45.1 Å². The largest absolute Gasteiger partial charge is 0.300 e. The van der Waals surface area contributed by atoms with Crippen molar-refractivity contribution in [2.24, 2.45) is 5.41 Å². The molecule has 0 aromatic heterocycles. The molecule has 0 amide bonds. The van der Waals surface area contributed by atoms with E-state index in [0.29, 0.717) is 37.1 Å². The van der Waals surface area contributed by atoms with Gasteiger partial charge in [0.15, 0.2) is 0 Å². The Labute approximate surface area is 120 Å². The molecule has 0 spiro atoms. The Bertz CT molecular complexity index is 466. The van der Waals surface area contributed by atoms with E-state index in [2.05, 4.69) is 6.07 Å². The number of nitriles is 1. The summed E-state index contributed by atoms with van der Waals surface area (Å²) in [5.74, 6) is 0.280. The lowest BCUT2D eigenvalue weighted by Gasteiger charge is -2.30. The van der Waals surface area contributed by atoms with Gasteiger partial charge in [0.05, 0.1) is 11.5 Å². The van der Waals surface area contributed by atoms with E-state index in [1.165, 1.54) is 0 Å². The summed E-state index contributed by atoms with van der Waals surface area (Å²) in [5, 5.41) is 10.1. The highest BCUT2D eigenvalue weighted by atomic mass is 35.5. The lowest BCUT2D eigenvalue weighted by Crippen LogP contribution is -2.28. The maximum Gasteiger partial charge on any atom is 0.133 e. The Hall–Kier alpha value is -1.33. The van der Waals surface area contributed by atoms with Crippen LogP contribution < -0.4 is 0 Å². The van der Waals surface area contributed by atoms with Crippen molar-refractivity contribution in [2.75, 3.05) is 0 Å². The zero-order valence-electron chi connectivity index (χ0n) is 11.6. The zero-order chi connectivity index (χ0) is 14.3. The van der Waals surface area contributed by atoms with Crippen LogP contribution in [0.5, 0.6) is 0 Å². The molecule has 0 N–H and O–H groups in total. The highest BCUT2D eigenvalue weighted by Gasteiger charge is 2.34. The summed E-state index contributed by atoms with van der Waals surface area (Å²) in [7, 11) is 0. The predicted octanol–water partition coefficient (Wildman–Crippen LogP) is 4.56. The van der Waals surface area contributed by atoms with Gasteiger partial charge in [-0.1, -0.05) is 37.6 Å². The van der Waals surface area contributed by atoms with E-state index in [4.69, 9.17) is 11.6 Å². The fraction of sp³-hybridized carbons (Fsp3) is 0.500. The number of carbonyl (C=O) groups excluding carboxylic acids is 1. The third-order valence-corrected chi connectivity index (χ3v) is 3.67. The number of carbonyl (C=O) groups is 1. The summed E-state index contributed by atoms with van der Waals surface area (Å²) in [4.78, 5) is 11.2. The second-order valence-corrected chi connectivity index (χ2v) is 5.17. The van der Waals surface area contributed by atoms with Crippen molar-refractivity contribution in [1.29, 1.82) is 5.26 Å². The number of hydrogen-bond donors (Lipinski definition) is 0. The van der Waals surface area contributed by atoms with Crippen LogP contribution in [0.2, 0.25) is 5.02 Å². The molecule has 2 nitrogen and oxygen atoms in total. The third kappa shape index (κ3) is 4.36. The van der Waals surface area contributed by atoms with Crippen LogP contribution in [0.15, 0.2) is 24.3 Å². The Balaban J connectivity index is 0.000000861. The van der Waals surface area contributed by atoms with E-state index in [9.17, 15) is 10.1 Å². The average Bonchev–Trinajstić information content (AvgIpc) is 2.44. The van der Waals surface area contributed by atoms with E-state index in [1.54, 1.807) is 0 Å². The van der Waals surface area contributed by atoms with Crippen molar-refractivity contribution >= 4 is 17.4 Å². The minimum Gasteiger partial charge on any atom is -0.300 e. The Morgan fingerprint density at radius 3 is 2.47 bits per heavy atom. The summed E-state index contributed by atoms with van der Waals surface area (Å²) in [6.07, 6.45) is 3.11. The van der Waals surface area contributed by atoms with Gasteiger partial charge in [-0.05, 0) is 37.0 Å². The molecule has 0 saturated heterocycles. The molecule has 1 aliphatic carbocycles. The van der Waals surface area contributed by atoms with Crippen LogP contribution in [0.4, 0.5) is 0 Å². The first-order valence-electron chi connectivity index (χ1n) is 6.81. The van der Waals surface area contributed by atoms with Crippen molar-refractivity contribution in [3.05, 3.63) is 34.9 Å². The molecule has 0 atom stereocenters. The molecule has 1 aliphatic rings. The fourth-order valence-corrected chi connectivity index (χ4v) is 2.59. The van der Waals surface area contributed by atoms with Gasteiger partial charge >= 0.3 is 0 Å². The Kier molecular flexibility index (Phi) is 6.05. The minimum atomic E-state index is -0.376. The standard InChI is InChI=1S/C14H14ClNO.C2H6/c15-12-3-1-2-11(8-12)9-14(10-16)6-4-13(17)5-7-14;1-2/h1-3,8H,4-7,9H2;1-2H3. The average molecular weight is 278 g/mol. The van der Waals surface area contributed by atoms with Gasteiger partial charge in [0.25, 0.3) is 0 Å². The first-order valence-corrected chi connectivity index (χ1v) is 7.19. The van der Waals surface area contributed by atoms with Gasteiger partial charge in [0.2, 0.25) is 0 Å². The molecule has 1 saturated carbocycles. The monoisotopic (exact) mass is 277 g/mol. The summed E-state index contributed by atoms with van der Waals surface area (Å²) in [6.45, 7) is 4.00. The highest BCUT2D eigenvalue weighted by molar-refractivity contribution is 6.30. The van der Waals surface area contributed by atoms with Gasteiger partial charge in [0.1, 0.15) is 5.78 Å². The molecule has 0 unspecified atom stereocenters. The molecule has 1 aromatic carbocycles. The SMILES string of the molecule is CC.N#CC1(Cc2cccc(Cl)c2)CCC(=O)CC1. The van der Waals surface area contributed by atoms with Crippen molar-refractivity contribution in [1.82, 2.24) is 0 Å². The molecule has 3 heteroatoms. The summed E-state index contributed by atoms with van der Waals surface area (Å²) in [6, 6.07) is 10.0. The predicted molar refractivity (Wildman–Crippen MR) is 78.0 cm³/mol. The fourth-order valence-electron chi connectivity index (χ4n) is 2.37. The number of nitrogens with zero attached hydrogens (tertiary/aromatic N) is 1. The van der Waals surface area contributed by atoms with Crippen molar-refractivity contribution in [3.8, 4) is 6.07 Å². The molecule has 0 bridgehead atoms. The van der Waals surface area contributed by atoms with Gasteiger partial charge in [-0.2, -0.15) is 5.26 Å². The molecule has 1 aromatic rings. The number of hydrogen-bond acceptors (Lipinski definition) is 2. The molecule has 19 heavy (non-hydrogen) atoms. The van der Waals surface area contributed by atoms with Gasteiger partial charge in [-0.25, -0.2) is 0 Å².